The monoisotopic (exact) mass is 290 g/mol. The quantitative estimate of drug-likeness (QED) is 0.845. The van der Waals surface area contributed by atoms with Crippen LogP contribution in [0.25, 0.3) is 0 Å². The molecule has 0 saturated heterocycles. The molecule has 2 rings (SSSR count). The third-order valence-corrected chi connectivity index (χ3v) is 3.86. The molecule has 1 aliphatic carbocycles. The fourth-order valence-electron chi connectivity index (χ4n) is 2.64. The second kappa shape index (κ2) is 7.81. The third-order valence-electron chi connectivity index (χ3n) is 3.86. The highest BCUT2D eigenvalue weighted by Gasteiger charge is 2.19. The van der Waals surface area contributed by atoms with Crippen LogP contribution in [0.5, 0.6) is 5.75 Å². The highest BCUT2D eigenvalue weighted by molar-refractivity contribution is 5.92. The van der Waals surface area contributed by atoms with E-state index in [1.54, 1.807) is 18.2 Å². The molecule has 0 aliphatic heterocycles. The minimum atomic E-state index is -0.466. The lowest BCUT2D eigenvalue weighted by molar-refractivity contribution is -0.119. The van der Waals surface area contributed by atoms with E-state index in [9.17, 15) is 14.7 Å². The van der Waals surface area contributed by atoms with Crippen LogP contribution < -0.4 is 0 Å². The Kier molecular flexibility index (Phi) is 5.78. The zero-order chi connectivity index (χ0) is 15.1. The predicted molar refractivity (Wildman–Crippen MR) is 79.3 cm³/mol. The Morgan fingerprint density at radius 3 is 2.29 bits per heavy atom. The van der Waals surface area contributed by atoms with E-state index in [1.165, 1.54) is 6.07 Å². The number of benzene rings is 1. The van der Waals surface area contributed by atoms with Crippen LogP contribution in [-0.4, -0.2) is 23.0 Å². The maximum atomic E-state index is 12.1. The number of esters is 1. The maximum absolute atomic E-state index is 12.1. The zero-order valence-electron chi connectivity index (χ0n) is 12.2. The molecule has 0 unspecified atom stereocenters. The van der Waals surface area contributed by atoms with Gasteiger partial charge < -0.3 is 9.84 Å². The normalized spacial score (nSPS) is 18.2. The summed E-state index contributed by atoms with van der Waals surface area (Å²) in [7, 11) is 0. The summed E-state index contributed by atoms with van der Waals surface area (Å²) in [5, 5.41) is 9.68. The molecule has 1 fully saturated rings. The molecule has 0 heterocycles. The van der Waals surface area contributed by atoms with Crippen molar-refractivity contribution >= 4 is 11.8 Å². The van der Waals surface area contributed by atoms with Gasteiger partial charge in [-0.2, -0.15) is 0 Å². The molecule has 1 saturated carbocycles. The van der Waals surface area contributed by atoms with Crippen molar-refractivity contribution in [1.29, 1.82) is 0 Å². The summed E-state index contributed by atoms with van der Waals surface area (Å²) >= 11 is 0. The van der Waals surface area contributed by atoms with E-state index >= 15 is 0 Å². The number of carbonyl (C=O) groups is 2. The molecule has 0 amide bonds. The van der Waals surface area contributed by atoms with E-state index in [0.717, 1.165) is 38.5 Å². The van der Waals surface area contributed by atoms with E-state index in [0.29, 0.717) is 18.6 Å². The van der Waals surface area contributed by atoms with Gasteiger partial charge in [-0.3, -0.25) is 4.79 Å². The Hall–Kier alpha value is -1.84. The molecule has 4 heteroatoms. The highest BCUT2D eigenvalue weighted by atomic mass is 16.5. The van der Waals surface area contributed by atoms with Crippen LogP contribution in [0.2, 0.25) is 0 Å². The third kappa shape index (κ3) is 4.88. The Labute approximate surface area is 125 Å². The summed E-state index contributed by atoms with van der Waals surface area (Å²) in [6.45, 7) is 0. The number of hydrogen-bond acceptors (Lipinski definition) is 4. The number of ketones is 1. The van der Waals surface area contributed by atoms with E-state index in [4.69, 9.17) is 4.74 Å². The lowest BCUT2D eigenvalue weighted by Gasteiger charge is -2.19. The first-order chi connectivity index (χ1) is 10.2. The van der Waals surface area contributed by atoms with Crippen molar-refractivity contribution < 1.29 is 19.4 Å². The van der Waals surface area contributed by atoms with Gasteiger partial charge in [0.05, 0.1) is 0 Å². The largest absolute Gasteiger partial charge is 0.507 e. The molecule has 1 N–H and O–H groups in total. The molecule has 0 bridgehead atoms. The lowest BCUT2D eigenvalue weighted by atomic mass is 9.98. The van der Waals surface area contributed by atoms with Crippen molar-refractivity contribution in [3.8, 4) is 5.75 Å². The van der Waals surface area contributed by atoms with E-state index < -0.39 is 5.97 Å². The lowest BCUT2D eigenvalue weighted by Crippen LogP contribution is -2.19. The number of para-hydroxylation sites is 1. The molecule has 0 aromatic heterocycles. The molecule has 0 spiro atoms. The molecule has 1 aromatic carbocycles. The average molecular weight is 290 g/mol. The molecule has 1 aromatic rings. The van der Waals surface area contributed by atoms with Crippen molar-refractivity contribution in [2.75, 3.05) is 0 Å². The van der Waals surface area contributed by atoms with Crippen molar-refractivity contribution in [3.63, 3.8) is 0 Å². The number of ether oxygens (including phenoxy) is 1. The van der Waals surface area contributed by atoms with Crippen molar-refractivity contribution in [1.82, 2.24) is 0 Å². The summed E-state index contributed by atoms with van der Waals surface area (Å²) in [4.78, 5) is 23.6. The van der Waals surface area contributed by atoms with Crippen LogP contribution in [0.1, 0.15) is 61.7 Å². The Morgan fingerprint density at radius 2 is 1.67 bits per heavy atom. The molecular weight excluding hydrogens is 268 g/mol. The van der Waals surface area contributed by atoms with Crippen molar-refractivity contribution in [3.05, 3.63) is 29.8 Å². The number of Topliss-reactive ketones (excluding diaryl/α,β-unsaturated/α-hetero) is 1. The minimum Gasteiger partial charge on any atom is -0.507 e. The molecule has 4 nitrogen and oxygen atoms in total. The molecular formula is C17H22O4. The van der Waals surface area contributed by atoms with E-state index in [1.807, 2.05) is 0 Å². The zero-order valence-corrected chi connectivity index (χ0v) is 12.2. The molecule has 21 heavy (non-hydrogen) atoms. The highest BCUT2D eigenvalue weighted by Crippen LogP contribution is 2.22. The Morgan fingerprint density at radius 1 is 1.05 bits per heavy atom. The number of phenols is 1. The second-order valence-corrected chi connectivity index (χ2v) is 5.57. The minimum absolute atomic E-state index is 0.0482. The molecule has 0 radical (unpaired) electrons. The Balaban J connectivity index is 1.92. The van der Waals surface area contributed by atoms with Crippen LogP contribution in [0.3, 0.4) is 0 Å². The van der Waals surface area contributed by atoms with Gasteiger partial charge in [0.15, 0.2) is 0 Å². The van der Waals surface area contributed by atoms with Crippen molar-refractivity contribution in [2.45, 2.75) is 57.5 Å². The summed E-state index contributed by atoms with van der Waals surface area (Å²) in [5.41, 5.74) is 0.213. The second-order valence-electron chi connectivity index (χ2n) is 5.57. The summed E-state index contributed by atoms with van der Waals surface area (Å²) in [6.07, 6.45) is 6.24. The van der Waals surface area contributed by atoms with E-state index in [2.05, 4.69) is 0 Å². The first-order valence-corrected chi connectivity index (χ1v) is 7.67. The van der Waals surface area contributed by atoms with Gasteiger partial charge in [0.25, 0.3) is 0 Å². The first-order valence-electron chi connectivity index (χ1n) is 7.67. The van der Waals surface area contributed by atoms with Crippen LogP contribution in [-0.2, 0) is 9.53 Å². The number of hydrogen-bond donors (Lipinski definition) is 1. The summed E-state index contributed by atoms with van der Waals surface area (Å²) < 4.78 is 5.53. The molecule has 1 aliphatic rings. The number of aromatic hydroxyl groups is 1. The van der Waals surface area contributed by atoms with Crippen LogP contribution in [0.4, 0.5) is 0 Å². The van der Waals surface area contributed by atoms with Gasteiger partial charge in [-0.05, 0) is 50.7 Å². The van der Waals surface area contributed by atoms with Gasteiger partial charge >= 0.3 is 5.97 Å². The molecule has 114 valence electrons. The van der Waals surface area contributed by atoms with Crippen LogP contribution in [0.15, 0.2) is 24.3 Å². The van der Waals surface area contributed by atoms with Gasteiger partial charge in [-0.25, -0.2) is 4.79 Å². The van der Waals surface area contributed by atoms with Gasteiger partial charge in [-0.1, -0.05) is 12.1 Å². The smallest absolute Gasteiger partial charge is 0.342 e. The number of phenolic OH excluding ortho intramolecular Hbond substituents is 1. The SMILES string of the molecule is O=C1CCCCC(OC(=O)c2ccccc2O)CCCC1. The first kappa shape index (κ1) is 15.5. The number of carbonyl (C=O) groups excluding carboxylic acids is 2. The fourth-order valence-corrected chi connectivity index (χ4v) is 2.64. The summed E-state index contributed by atoms with van der Waals surface area (Å²) in [5.74, 6) is -0.168. The molecule has 0 atom stereocenters. The Bertz CT molecular complexity index is 481. The van der Waals surface area contributed by atoms with Gasteiger partial charge in [0.1, 0.15) is 23.2 Å². The summed E-state index contributed by atoms with van der Waals surface area (Å²) in [6, 6.07) is 6.42. The maximum Gasteiger partial charge on any atom is 0.342 e. The average Bonchev–Trinajstić information content (AvgIpc) is 2.48. The van der Waals surface area contributed by atoms with Gasteiger partial charge in [0.2, 0.25) is 0 Å². The van der Waals surface area contributed by atoms with E-state index in [-0.39, 0.29) is 17.4 Å². The van der Waals surface area contributed by atoms with Gasteiger partial charge in [0, 0.05) is 12.8 Å². The van der Waals surface area contributed by atoms with Crippen molar-refractivity contribution in [2.24, 2.45) is 0 Å². The predicted octanol–water partition coefficient (Wildman–Crippen LogP) is 3.62. The fraction of sp³-hybridized carbons (Fsp3) is 0.529. The van der Waals surface area contributed by atoms with Gasteiger partial charge in [-0.15, -0.1) is 0 Å². The number of rotatable bonds is 2. The van der Waals surface area contributed by atoms with Crippen LogP contribution in [0, 0.1) is 0 Å². The topological polar surface area (TPSA) is 63.6 Å². The van der Waals surface area contributed by atoms with Crippen LogP contribution >= 0.6 is 0 Å². The standard InChI is InChI=1S/C17H22O4/c18-13-7-1-3-9-14(10-4-2-8-13)21-17(20)15-11-5-6-12-16(15)19/h5-6,11-12,14,19H,1-4,7-10H2.